The van der Waals surface area contributed by atoms with Crippen LogP contribution in [0.4, 0.5) is 0 Å². The van der Waals surface area contributed by atoms with E-state index in [-0.39, 0.29) is 6.04 Å². The van der Waals surface area contributed by atoms with Gasteiger partial charge >= 0.3 is 174 Å². The number of rotatable bonds is 8. The van der Waals surface area contributed by atoms with Gasteiger partial charge in [0.2, 0.25) is 0 Å². The molecule has 0 N–H and O–H groups in total. The number of hydrogen-bond donors (Lipinski definition) is 0. The van der Waals surface area contributed by atoms with E-state index in [2.05, 4.69) is 97.7 Å². The summed E-state index contributed by atoms with van der Waals surface area (Å²) in [6.07, 6.45) is 4.76. The Morgan fingerprint density at radius 1 is 0.900 bits per heavy atom. The quantitative estimate of drug-likeness (QED) is 0.171. The summed E-state index contributed by atoms with van der Waals surface area (Å²) in [6.45, 7) is 14.8. The van der Waals surface area contributed by atoms with E-state index in [9.17, 15) is 0 Å². The fraction of sp³-hybridized carbons (Fsp3) is 0.200. The number of allylic oxidation sites excluding steroid dienone is 3. The van der Waals surface area contributed by atoms with Gasteiger partial charge in [0.1, 0.15) is 12.0 Å². The summed E-state index contributed by atoms with van der Waals surface area (Å²) in [5.74, 6) is 0. The van der Waals surface area contributed by atoms with Gasteiger partial charge in [-0.15, -0.1) is 0 Å². The van der Waals surface area contributed by atoms with Crippen molar-refractivity contribution >= 4 is 8.92 Å². The minimum absolute atomic E-state index is 0.131. The van der Waals surface area contributed by atoms with Gasteiger partial charge < -0.3 is 4.52 Å². The van der Waals surface area contributed by atoms with Crippen molar-refractivity contribution in [2.24, 2.45) is 4.99 Å². The third-order valence-corrected chi connectivity index (χ3v) is 8.87. The van der Waals surface area contributed by atoms with Crippen LogP contribution in [0.25, 0.3) is 16.8 Å². The van der Waals surface area contributed by atoms with Crippen molar-refractivity contribution in [2.45, 2.75) is 46.1 Å². The summed E-state index contributed by atoms with van der Waals surface area (Å²) >= 11 is 0.408. The van der Waals surface area contributed by atoms with Crippen LogP contribution in [0.3, 0.4) is 0 Å². The molecule has 0 fully saturated rings. The first kappa shape index (κ1) is 29.5. The zero-order valence-corrected chi connectivity index (χ0v) is 29.3. The molecule has 4 aromatic rings. The molecule has 0 bridgehead atoms. The van der Waals surface area contributed by atoms with Gasteiger partial charge in [0.15, 0.2) is 0 Å². The molecule has 199 valence electrons. The van der Waals surface area contributed by atoms with Crippen molar-refractivity contribution in [3.05, 3.63) is 144 Å². The second-order valence-corrected chi connectivity index (χ2v) is 12.3. The summed E-state index contributed by atoms with van der Waals surface area (Å²) in [4.78, 5) is 7.45. The van der Waals surface area contributed by atoms with Crippen LogP contribution in [0.5, 0.6) is 0 Å². The minimum atomic E-state index is 0.131. The molecule has 1 aliphatic rings. The maximum atomic E-state index is 5.05. The van der Waals surface area contributed by atoms with Crippen LogP contribution >= 0.6 is 0 Å². The molecule has 5 rings (SSSR count). The standard InChI is InChI=1S/C23H25N2.C12H11NO.Hg/c1-4-12-21-18(3)25(17-24-22(21)5-2)23(19-13-8-6-9-14-19)20-15-10-7-11-16-20;1-9(2)11-8-14-13-12(11)10-6-4-3-5-7-10;/h6-11,13-16,23H,3-5,12H2,1-2H3;3-8H,1H2,2H3;. The SMILES string of the molecule is C=C(C)c1conc1-c1ccccc1.C=C1C(CCC)=C(CC)N=[C]([Hg])N1C(c1ccccc1)c1ccccc1. The van der Waals surface area contributed by atoms with E-state index in [1.807, 2.05) is 37.3 Å². The fourth-order valence-electron chi connectivity index (χ4n) is 4.99. The monoisotopic (exact) mass is 716 g/mol. The molecular weight excluding hydrogens is 679 g/mol. The van der Waals surface area contributed by atoms with E-state index < -0.39 is 0 Å². The molecule has 0 unspecified atom stereocenters. The molecule has 0 saturated heterocycles. The Morgan fingerprint density at radius 3 is 1.95 bits per heavy atom. The van der Waals surface area contributed by atoms with Crippen molar-refractivity contribution < 1.29 is 30.6 Å². The molecule has 0 atom stereocenters. The van der Waals surface area contributed by atoms with Crippen molar-refractivity contribution in [3.8, 4) is 11.3 Å². The van der Waals surface area contributed by atoms with Gasteiger partial charge in [0.05, 0.1) is 0 Å². The van der Waals surface area contributed by atoms with Crippen LogP contribution in [-0.4, -0.2) is 13.4 Å². The molecule has 3 aromatic carbocycles. The fourth-order valence-corrected chi connectivity index (χ4v) is 7.18. The summed E-state index contributed by atoms with van der Waals surface area (Å²) in [5.41, 5.74) is 10.1. The van der Waals surface area contributed by atoms with Crippen LogP contribution in [0, 0.1) is 0 Å². The van der Waals surface area contributed by atoms with Crippen molar-refractivity contribution in [2.75, 3.05) is 0 Å². The number of amidine groups is 1. The predicted octanol–water partition coefficient (Wildman–Crippen LogP) is 9.35. The topological polar surface area (TPSA) is 41.6 Å². The van der Waals surface area contributed by atoms with Crippen LogP contribution in [0.2, 0.25) is 0 Å². The number of benzene rings is 3. The Morgan fingerprint density at radius 2 is 1.45 bits per heavy atom. The first-order valence-electron chi connectivity index (χ1n) is 13.8. The summed E-state index contributed by atoms with van der Waals surface area (Å²) in [7, 11) is 0. The van der Waals surface area contributed by atoms with Crippen LogP contribution in [-0.2, 0) is 26.1 Å². The first-order chi connectivity index (χ1) is 19.5. The summed E-state index contributed by atoms with van der Waals surface area (Å²) in [5, 5.41) is 3.97. The van der Waals surface area contributed by atoms with Crippen molar-refractivity contribution in [3.63, 3.8) is 0 Å². The van der Waals surface area contributed by atoms with E-state index in [0.29, 0.717) is 26.1 Å². The molecular formula is C35H36HgN3O. The molecule has 40 heavy (non-hydrogen) atoms. The van der Waals surface area contributed by atoms with Gasteiger partial charge in [0.25, 0.3) is 0 Å². The molecule has 5 heteroatoms. The number of hydrogen-bond acceptors (Lipinski definition) is 4. The zero-order chi connectivity index (χ0) is 28.5. The number of aromatic nitrogens is 1. The van der Waals surface area contributed by atoms with Crippen molar-refractivity contribution in [1.29, 1.82) is 0 Å². The van der Waals surface area contributed by atoms with Gasteiger partial charge in [-0.2, -0.15) is 0 Å². The number of aliphatic imine (C=N–C) groups is 1. The maximum absolute atomic E-state index is 5.05. The molecule has 1 aromatic heterocycles. The molecule has 0 radical (unpaired) electrons. The second-order valence-electron chi connectivity index (χ2n) is 9.82. The Hall–Kier alpha value is -3.50. The van der Waals surface area contributed by atoms with Crippen molar-refractivity contribution in [1.82, 2.24) is 10.1 Å². The zero-order valence-electron chi connectivity index (χ0n) is 23.8. The molecule has 1 aliphatic heterocycles. The van der Waals surface area contributed by atoms with Gasteiger partial charge in [-0.3, -0.25) is 0 Å². The third kappa shape index (κ3) is 6.79. The third-order valence-electron chi connectivity index (χ3n) is 6.93. The number of nitrogens with zero attached hydrogens (tertiary/aromatic N) is 3. The van der Waals surface area contributed by atoms with E-state index in [1.165, 1.54) is 25.7 Å². The van der Waals surface area contributed by atoms with E-state index in [1.54, 1.807) is 6.26 Å². The summed E-state index contributed by atoms with van der Waals surface area (Å²) in [6, 6.07) is 31.5. The second kappa shape index (κ2) is 14.2. The van der Waals surface area contributed by atoms with Gasteiger partial charge in [0, 0.05) is 11.1 Å². The normalized spacial score (nSPS) is 13.2. The van der Waals surface area contributed by atoms with Crippen LogP contribution in [0.15, 0.2) is 137 Å². The molecule has 0 saturated carbocycles. The molecule has 0 amide bonds. The van der Waals surface area contributed by atoms with Gasteiger partial charge in [-0.25, -0.2) is 0 Å². The van der Waals surface area contributed by atoms with E-state index in [4.69, 9.17) is 9.52 Å². The molecule has 0 spiro atoms. The Kier molecular flexibility index (Phi) is 10.5. The first-order valence-corrected chi connectivity index (χ1v) is 16.6. The Bertz CT molecular complexity index is 1450. The van der Waals surface area contributed by atoms with Gasteiger partial charge in [-0.05, 0) is 12.5 Å². The summed E-state index contributed by atoms with van der Waals surface area (Å²) < 4.78 is 6.16. The van der Waals surface area contributed by atoms with Crippen LogP contribution < -0.4 is 0 Å². The molecule has 0 aliphatic carbocycles. The average molecular weight is 715 g/mol. The Labute approximate surface area is 254 Å². The van der Waals surface area contributed by atoms with E-state index >= 15 is 0 Å². The molecule has 2 heterocycles. The predicted molar refractivity (Wildman–Crippen MR) is 162 cm³/mol. The average Bonchev–Trinajstić information content (AvgIpc) is 3.49. The van der Waals surface area contributed by atoms with Crippen LogP contribution in [0.1, 0.15) is 62.8 Å². The molecule has 4 nitrogen and oxygen atoms in total. The van der Waals surface area contributed by atoms with Gasteiger partial charge in [-0.1, -0.05) is 42.1 Å². The Balaban J connectivity index is 0.000000222. The van der Waals surface area contributed by atoms with E-state index in [0.717, 1.165) is 47.4 Å².